The van der Waals surface area contributed by atoms with Crippen LogP contribution in [-0.2, 0) is 23.0 Å². The fourth-order valence-electron chi connectivity index (χ4n) is 2.67. The van der Waals surface area contributed by atoms with Crippen LogP contribution in [0.3, 0.4) is 0 Å². The van der Waals surface area contributed by atoms with Crippen molar-refractivity contribution in [2.45, 2.75) is 32.1 Å². The molecule has 0 amide bonds. The summed E-state index contributed by atoms with van der Waals surface area (Å²) in [4.78, 5) is 11.4. The highest BCUT2D eigenvalue weighted by Gasteiger charge is 2.27. The molecule has 2 rings (SSSR count). The lowest BCUT2D eigenvalue weighted by molar-refractivity contribution is -0.146. The molecular formula is C13H20N2O2. The van der Waals surface area contributed by atoms with E-state index in [1.807, 2.05) is 17.9 Å². The van der Waals surface area contributed by atoms with Crippen LogP contribution in [0.15, 0.2) is 12.3 Å². The number of hydrogen-bond acceptors (Lipinski definition) is 3. The molecule has 4 nitrogen and oxygen atoms in total. The topological polar surface area (TPSA) is 44.1 Å². The lowest BCUT2D eigenvalue weighted by atomic mass is 9.80. The summed E-state index contributed by atoms with van der Waals surface area (Å²) in [6, 6.07) is 2.08. The molecule has 0 aliphatic heterocycles. The molecule has 0 unspecified atom stereocenters. The first-order valence-electron chi connectivity index (χ1n) is 6.25. The fraction of sp³-hybridized carbons (Fsp3) is 0.692. The number of carbonyl (C=O) groups excluding carboxylic acids is 1. The van der Waals surface area contributed by atoms with Gasteiger partial charge in [0.25, 0.3) is 0 Å². The lowest BCUT2D eigenvalue weighted by Crippen LogP contribution is -2.24. The molecule has 0 bridgehead atoms. The zero-order valence-corrected chi connectivity index (χ0v) is 10.6. The van der Waals surface area contributed by atoms with Crippen LogP contribution in [-0.4, -0.2) is 22.9 Å². The third-order valence-corrected chi connectivity index (χ3v) is 3.80. The predicted molar refractivity (Wildman–Crippen MR) is 64.4 cm³/mol. The van der Waals surface area contributed by atoms with E-state index in [0.29, 0.717) is 5.92 Å². The van der Waals surface area contributed by atoms with Gasteiger partial charge in [-0.2, -0.15) is 5.10 Å². The Morgan fingerprint density at radius 3 is 2.71 bits per heavy atom. The van der Waals surface area contributed by atoms with Crippen LogP contribution in [0.4, 0.5) is 0 Å². The maximum absolute atomic E-state index is 11.4. The molecule has 1 aliphatic rings. The standard InChI is InChI=1S/C13H20N2O2/c1-15-12(7-8-14-15)9-10-3-5-11(6-4-10)13(16)17-2/h7-8,10-11H,3-6,9H2,1-2H3. The van der Waals surface area contributed by atoms with E-state index < -0.39 is 0 Å². The molecule has 0 saturated heterocycles. The second-order valence-electron chi connectivity index (χ2n) is 4.89. The zero-order chi connectivity index (χ0) is 12.3. The maximum Gasteiger partial charge on any atom is 0.308 e. The van der Waals surface area contributed by atoms with Gasteiger partial charge in [0.15, 0.2) is 0 Å². The molecule has 17 heavy (non-hydrogen) atoms. The first-order chi connectivity index (χ1) is 8.20. The lowest BCUT2D eigenvalue weighted by Gasteiger charge is -2.26. The van der Waals surface area contributed by atoms with Crippen molar-refractivity contribution in [1.29, 1.82) is 0 Å². The van der Waals surface area contributed by atoms with Gasteiger partial charge in [0.2, 0.25) is 0 Å². The van der Waals surface area contributed by atoms with Gasteiger partial charge in [0, 0.05) is 18.9 Å². The summed E-state index contributed by atoms with van der Waals surface area (Å²) < 4.78 is 6.73. The molecule has 4 heteroatoms. The van der Waals surface area contributed by atoms with Gasteiger partial charge in [-0.05, 0) is 44.1 Å². The zero-order valence-electron chi connectivity index (χ0n) is 10.6. The Morgan fingerprint density at radius 1 is 1.47 bits per heavy atom. The highest BCUT2D eigenvalue weighted by molar-refractivity contribution is 5.72. The average Bonchev–Trinajstić information content (AvgIpc) is 2.75. The highest BCUT2D eigenvalue weighted by Crippen LogP contribution is 2.31. The van der Waals surface area contributed by atoms with Crippen molar-refractivity contribution in [3.05, 3.63) is 18.0 Å². The van der Waals surface area contributed by atoms with Gasteiger partial charge >= 0.3 is 5.97 Å². The summed E-state index contributed by atoms with van der Waals surface area (Å²) in [7, 11) is 3.46. The number of aromatic nitrogens is 2. The molecule has 0 aromatic carbocycles. The normalized spacial score (nSPS) is 24.6. The smallest absolute Gasteiger partial charge is 0.308 e. The van der Waals surface area contributed by atoms with Crippen molar-refractivity contribution in [3.8, 4) is 0 Å². The summed E-state index contributed by atoms with van der Waals surface area (Å²) in [5.41, 5.74) is 1.28. The molecule has 0 atom stereocenters. The van der Waals surface area contributed by atoms with Crippen molar-refractivity contribution in [3.63, 3.8) is 0 Å². The Labute approximate surface area is 102 Å². The van der Waals surface area contributed by atoms with Crippen LogP contribution in [0, 0.1) is 11.8 Å². The van der Waals surface area contributed by atoms with E-state index in [1.54, 1.807) is 0 Å². The van der Waals surface area contributed by atoms with E-state index in [0.717, 1.165) is 32.1 Å². The number of rotatable bonds is 3. The average molecular weight is 236 g/mol. The minimum atomic E-state index is -0.0380. The number of methoxy groups -OCH3 is 1. The van der Waals surface area contributed by atoms with E-state index >= 15 is 0 Å². The molecule has 1 fully saturated rings. The van der Waals surface area contributed by atoms with Crippen LogP contribution >= 0.6 is 0 Å². The molecule has 1 aliphatic carbocycles. The second-order valence-corrected chi connectivity index (χ2v) is 4.89. The Bertz CT molecular complexity index is 379. The number of aryl methyl sites for hydroxylation is 1. The van der Waals surface area contributed by atoms with Gasteiger partial charge in [0.05, 0.1) is 13.0 Å². The number of hydrogen-bond donors (Lipinski definition) is 0. The van der Waals surface area contributed by atoms with E-state index in [9.17, 15) is 4.79 Å². The monoisotopic (exact) mass is 236 g/mol. The fourth-order valence-corrected chi connectivity index (χ4v) is 2.67. The maximum atomic E-state index is 11.4. The van der Waals surface area contributed by atoms with Gasteiger partial charge in [-0.25, -0.2) is 0 Å². The predicted octanol–water partition coefficient (Wildman–Crippen LogP) is 1.94. The Kier molecular flexibility index (Phi) is 3.82. The number of ether oxygens (including phenoxy) is 1. The van der Waals surface area contributed by atoms with Gasteiger partial charge < -0.3 is 4.74 Å². The Hall–Kier alpha value is -1.32. The van der Waals surface area contributed by atoms with E-state index in [2.05, 4.69) is 11.2 Å². The molecule has 0 radical (unpaired) electrons. The largest absolute Gasteiger partial charge is 0.469 e. The summed E-state index contributed by atoms with van der Waals surface area (Å²) in [6.45, 7) is 0. The van der Waals surface area contributed by atoms with E-state index in [-0.39, 0.29) is 11.9 Å². The van der Waals surface area contributed by atoms with Gasteiger partial charge in [-0.15, -0.1) is 0 Å². The summed E-state index contributed by atoms with van der Waals surface area (Å²) in [5, 5.41) is 4.18. The summed E-state index contributed by atoms with van der Waals surface area (Å²) in [5.74, 6) is 0.776. The molecular weight excluding hydrogens is 216 g/mol. The van der Waals surface area contributed by atoms with Crippen LogP contribution in [0.5, 0.6) is 0 Å². The van der Waals surface area contributed by atoms with Gasteiger partial charge in [-0.1, -0.05) is 0 Å². The van der Waals surface area contributed by atoms with Crippen LogP contribution < -0.4 is 0 Å². The first-order valence-corrected chi connectivity index (χ1v) is 6.25. The Balaban J connectivity index is 1.83. The van der Waals surface area contributed by atoms with Crippen LogP contribution in [0.25, 0.3) is 0 Å². The molecule has 1 saturated carbocycles. The number of carbonyl (C=O) groups is 1. The van der Waals surface area contributed by atoms with Gasteiger partial charge in [0.1, 0.15) is 0 Å². The SMILES string of the molecule is COC(=O)C1CCC(Cc2ccnn2C)CC1. The van der Waals surface area contributed by atoms with Crippen molar-refractivity contribution in [1.82, 2.24) is 9.78 Å². The molecule has 0 N–H and O–H groups in total. The molecule has 1 aromatic heterocycles. The van der Waals surface area contributed by atoms with Gasteiger partial charge in [-0.3, -0.25) is 9.48 Å². The third kappa shape index (κ3) is 2.87. The second kappa shape index (κ2) is 5.34. The molecule has 1 aromatic rings. The number of nitrogens with zero attached hydrogens (tertiary/aromatic N) is 2. The Morgan fingerprint density at radius 2 is 2.18 bits per heavy atom. The van der Waals surface area contributed by atoms with Crippen LogP contribution in [0.1, 0.15) is 31.4 Å². The molecule has 94 valence electrons. The third-order valence-electron chi connectivity index (χ3n) is 3.80. The minimum absolute atomic E-state index is 0.0380. The van der Waals surface area contributed by atoms with Crippen molar-refractivity contribution in [2.24, 2.45) is 18.9 Å². The van der Waals surface area contributed by atoms with E-state index in [1.165, 1.54) is 12.8 Å². The molecule has 1 heterocycles. The summed E-state index contributed by atoms with van der Waals surface area (Å²) in [6.07, 6.45) is 7.08. The highest BCUT2D eigenvalue weighted by atomic mass is 16.5. The number of esters is 1. The first kappa shape index (κ1) is 12.1. The minimum Gasteiger partial charge on any atom is -0.469 e. The van der Waals surface area contributed by atoms with Crippen LogP contribution in [0.2, 0.25) is 0 Å². The van der Waals surface area contributed by atoms with Crippen molar-refractivity contribution in [2.75, 3.05) is 7.11 Å². The van der Waals surface area contributed by atoms with Crippen molar-refractivity contribution < 1.29 is 9.53 Å². The quantitative estimate of drug-likeness (QED) is 0.753. The van der Waals surface area contributed by atoms with E-state index in [4.69, 9.17) is 4.74 Å². The summed E-state index contributed by atoms with van der Waals surface area (Å²) >= 11 is 0. The van der Waals surface area contributed by atoms with Crippen molar-refractivity contribution >= 4 is 5.97 Å². The molecule has 0 spiro atoms.